The van der Waals surface area contributed by atoms with Crippen LogP contribution in [0.1, 0.15) is 27.2 Å². The zero-order valence-corrected chi connectivity index (χ0v) is 15.3. The number of hydrogen-bond acceptors (Lipinski definition) is 7. The lowest BCUT2D eigenvalue weighted by molar-refractivity contribution is -0.140. The van der Waals surface area contributed by atoms with Crippen molar-refractivity contribution in [3.05, 3.63) is 0 Å². The molecule has 27 heavy (non-hydrogen) atoms. The first-order valence-electron chi connectivity index (χ1n) is 8.12. The Hall–Kier alpha value is -2.73. The fourth-order valence-corrected chi connectivity index (χ4v) is 2.00. The number of carbonyl (C=O) groups excluding carboxylic acids is 3. The summed E-state index contributed by atoms with van der Waals surface area (Å²) in [5.74, 6) is -5.65. The lowest BCUT2D eigenvalue weighted by Gasteiger charge is -2.27. The van der Waals surface area contributed by atoms with Crippen molar-refractivity contribution in [2.75, 3.05) is 6.54 Å². The van der Waals surface area contributed by atoms with E-state index in [0.717, 1.165) is 0 Å². The molecule has 154 valence electrons. The average molecular weight is 390 g/mol. The Kier molecular flexibility index (Phi) is 9.96. The van der Waals surface area contributed by atoms with Gasteiger partial charge in [-0.25, -0.2) is 0 Å². The molecule has 0 aliphatic carbocycles. The molecule has 3 amide bonds. The number of nitrogens with one attached hydrogen (secondary N) is 3. The maximum absolute atomic E-state index is 12.4. The van der Waals surface area contributed by atoms with Gasteiger partial charge in [0.2, 0.25) is 17.7 Å². The molecule has 0 aliphatic rings. The molecular formula is C15H26N4O8. The first kappa shape index (κ1) is 24.3. The Balaban J connectivity index is 5.11. The van der Waals surface area contributed by atoms with Crippen molar-refractivity contribution in [3.8, 4) is 0 Å². The van der Waals surface area contributed by atoms with Gasteiger partial charge in [0.25, 0.3) is 0 Å². The van der Waals surface area contributed by atoms with Crippen molar-refractivity contribution >= 4 is 29.7 Å². The number of amides is 3. The summed E-state index contributed by atoms with van der Waals surface area (Å²) in [4.78, 5) is 57.5. The van der Waals surface area contributed by atoms with Gasteiger partial charge in [-0.1, -0.05) is 13.8 Å². The van der Waals surface area contributed by atoms with Crippen molar-refractivity contribution in [3.63, 3.8) is 0 Å². The van der Waals surface area contributed by atoms with E-state index in [2.05, 4.69) is 10.6 Å². The number of hydrogen-bond donors (Lipinski definition) is 7. The second-order valence-electron chi connectivity index (χ2n) is 6.27. The Morgan fingerprint density at radius 1 is 0.852 bits per heavy atom. The molecule has 0 fully saturated rings. The van der Waals surface area contributed by atoms with Crippen LogP contribution in [0.5, 0.6) is 0 Å². The van der Waals surface area contributed by atoms with E-state index in [4.69, 9.17) is 15.9 Å². The zero-order chi connectivity index (χ0) is 21.3. The normalized spacial score (nSPS) is 15.2. The molecule has 0 heterocycles. The third kappa shape index (κ3) is 8.96. The van der Waals surface area contributed by atoms with Crippen LogP contribution in [-0.2, 0) is 24.0 Å². The summed E-state index contributed by atoms with van der Waals surface area (Å²) >= 11 is 0. The summed E-state index contributed by atoms with van der Waals surface area (Å²) in [7, 11) is 0. The van der Waals surface area contributed by atoms with Crippen LogP contribution in [0.4, 0.5) is 0 Å². The SMILES string of the molecule is CC(C)C(NC(=O)C(N)CC(=O)O)C(=O)NC(C(=O)NCC(=O)O)C(C)O. The number of nitrogens with two attached hydrogens (primary N) is 1. The summed E-state index contributed by atoms with van der Waals surface area (Å²) < 4.78 is 0. The number of carboxylic acid groups (broad SMARTS) is 2. The van der Waals surface area contributed by atoms with Gasteiger partial charge in [-0.3, -0.25) is 24.0 Å². The van der Waals surface area contributed by atoms with E-state index in [0.29, 0.717) is 0 Å². The molecule has 4 atom stereocenters. The van der Waals surface area contributed by atoms with E-state index in [9.17, 15) is 29.1 Å². The van der Waals surface area contributed by atoms with Crippen molar-refractivity contribution in [1.29, 1.82) is 0 Å². The number of carboxylic acids is 2. The average Bonchev–Trinajstić information content (AvgIpc) is 2.53. The Labute approximate surface area is 155 Å². The summed E-state index contributed by atoms with van der Waals surface area (Å²) in [5, 5.41) is 33.5. The highest BCUT2D eigenvalue weighted by molar-refractivity contribution is 5.94. The predicted molar refractivity (Wildman–Crippen MR) is 91.3 cm³/mol. The predicted octanol–water partition coefficient (Wildman–Crippen LogP) is -3.00. The third-order valence-electron chi connectivity index (χ3n) is 3.45. The van der Waals surface area contributed by atoms with Crippen LogP contribution in [0.3, 0.4) is 0 Å². The summed E-state index contributed by atoms with van der Waals surface area (Å²) in [5.41, 5.74) is 5.45. The van der Waals surface area contributed by atoms with E-state index in [1.54, 1.807) is 13.8 Å². The fraction of sp³-hybridized carbons (Fsp3) is 0.667. The first-order valence-corrected chi connectivity index (χ1v) is 8.12. The van der Waals surface area contributed by atoms with Gasteiger partial charge in [0.1, 0.15) is 18.6 Å². The highest BCUT2D eigenvalue weighted by Crippen LogP contribution is 2.05. The number of aliphatic hydroxyl groups excluding tert-OH is 1. The smallest absolute Gasteiger partial charge is 0.322 e. The van der Waals surface area contributed by atoms with Crippen molar-refractivity contribution in [2.45, 2.75) is 51.4 Å². The standard InChI is InChI=1S/C15H26N4O8/c1-6(2)11(18-13(25)8(16)4-9(21)22)15(27)19-12(7(3)20)14(26)17-5-10(23)24/h6-8,11-12,20H,4-5,16H2,1-3H3,(H,17,26)(H,18,25)(H,19,27)(H,21,22)(H,23,24). The fourth-order valence-electron chi connectivity index (χ4n) is 2.00. The first-order chi connectivity index (χ1) is 12.4. The van der Waals surface area contributed by atoms with Gasteiger partial charge in [0.15, 0.2) is 0 Å². The molecule has 0 saturated heterocycles. The molecule has 12 heteroatoms. The molecule has 0 aromatic rings. The van der Waals surface area contributed by atoms with Gasteiger partial charge in [-0.15, -0.1) is 0 Å². The molecule has 0 aromatic heterocycles. The number of aliphatic carboxylic acids is 2. The Bertz CT molecular complexity index is 578. The van der Waals surface area contributed by atoms with Crippen LogP contribution in [0.25, 0.3) is 0 Å². The minimum Gasteiger partial charge on any atom is -0.481 e. The maximum atomic E-state index is 12.4. The van der Waals surface area contributed by atoms with Gasteiger partial charge >= 0.3 is 11.9 Å². The third-order valence-corrected chi connectivity index (χ3v) is 3.45. The lowest BCUT2D eigenvalue weighted by atomic mass is 10.0. The van der Waals surface area contributed by atoms with Crippen LogP contribution in [0, 0.1) is 5.92 Å². The molecule has 12 nitrogen and oxygen atoms in total. The second kappa shape index (κ2) is 11.1. The molecule has 0 aliphatic heterocycles. The van der Waals surface area contributed by atoms with Gasteiger partial charge in [-0.05, 0) is 12.8 Å². The highest BCUT2D eigenvalue weighted by atomic mass is 16.4. The minimum atomic E-state index is -1.46. The van der Waals surface area contributed by atoms with E-state index in [1.165, 1.54) is 6.92 Å². The molecule has 0 bridgehead atoms. The molecule has 0 radical (unpaired) electrons. The molecule has 4 unspecified atom stereocenters. The van der Waals surface area contributed by atoms with Gasteiger partial charge < -0.3 is 37.0 Å². The topological polar surface area (TPSA) is 208 Å². The number of carbonyl (C=O) groups is 5. The molecule has 0 saturated carbocycles. The van der Waals surface area contributed by atoms with Crippen LogP contribution in [-0.4, -0.2) is 75.8 Å². The second-order valence-corrected chi connectivity index (χ2v) is 6.27. The molecule has 0 aromatic carbocycles. The summed E-state index contributed by atoms with van der Waals surface area (Å²) in [6.45, 7) is 3.70. The van der Waals surface area contributed by atoms with Crippen LogP contribution in [0.15, 0.2) is 0 Å². The molecular weight excluding hydrogens is 364 g/mol. The largest absolute Gasteiger partial charge is 0.481 e. The van der Waals surface area contributed by atoms with E-state index < -0.39 is 72.8 Å². The summed E-state index contributed by atoms with van der Waals surface area (Å²) in [6, 6.07) is -3.99. The highest BCUT2D eigenvalue weighted by Gasteiger charge is 2.32. The van der Waals surface area contributed by atoms with Crippen LogP contribution < -0.4 is 21.7 Å². The Morgan fingerprint density at radius 3 is 1.78 bits per heavy atom. The van der Waals surface area contributed by atoms with Gasteiger partial charge in [0, 0.05) is 0 Å². The Morgan fingerprint density at radius 2 is 1.37 bits per heavy atom. The van der Waals surface area contributed by atoms with Gasteiger partial charge in [-0.2, -0.15) is 0 Å². The van der Waals surface area contributed by atoms with Crippen LogP contribution >= 0.6 is 0 Å². The molecule has 0 spiro atoms. The lowest BCUT2D eigenvalue weighted by Crippen LogP contribution is -2.60. The van der Waals surface area contributed by atoms with E-state index >= 15 is 0 Å². The zero-order valence-electron chi connectivity index (χ0n) is 15.3. The maximum Gasteiger partial charge on any atom is 0.322 e. The number of rotatable bonds is 11. The minimum absolute atomic E-state index is 0.456. The van der Waals surface area contributed by atoms with Crippen molar-refractivity contribution in [1.82, 2.24) is 16.0 Å². The van der Waals surface area contributed by atoms with E-state index in [-0.39, 0.29) is 0 Å². The van der Waals surface area contributed by atoms with Crippen LogP contribution in [0.2, 0.25) is 0 Å². The van der Waals surface area contributed by atoms with Gasteiger partial charge in [0.05, 0.1) is 18.6 Å². The van der Waals surface area contributed by atoms with E-state index in [1.807, 2.05) is 5.32 Å². The summed E-state index contributed by atoms with van der Waals surface area (Å²) in [6.07, 6.45) is -1.98. The quantitative estimate of drug-likeness (QED) is 0.191. The van der Waals surface area contributed by atoms with Crippen molar-refractivity contribution < 1.29 is 39.3 Å². The number of aliphatic hydroxyl groups is 1. The molecule has 0 rings (SSSR count). The monoisotopic (exact) mass is 390 g/mol. The molecule has 8 N–H and O–H groups in total. The van der Waals surface area contributed by atoms with Crippen molar-refractivity contribution in [2.24, 2.45) is 11.7 Å².